The molecule has 0 aromatic rings. The molecule has 2 rings (SSSR count). The van der Waals surface area contributed by atoms with Gasteiger partial charge in [0.15, 0.2) is 0 Å². The Morgan fingerprint density at radius 1 is 1.29 bits per heavy atom. The van der Waals surface area contributed by atoms with Crippen molar-refractivity contribution in [3.05, 3.63) is 0 Å². The minimum absolute atomic E-state index is 0.476. The highest BCUT2D eigenvalue weighted by Gasteiger charge is 2.36. The van der Waals surface area contributed by atoms with Gasteiger partial charge < -0.3 is 15.3 Å². The Morgan fingerprint density at radius 3 is 2.71 bits per heavy atom. The number of aliphatic hydroxyl groups is 1. The maximum Gasteiger partial charge on any atom is 0.0746 e. The molecular weight excluding hydrogens is 260 g/mol. The van der Waals surface area contributed by atoms with Crippen LogP contribution < -0.4 is 5.32 Å². The quantitative estimate of drug-likeness (QED) is 0.819. The van der Waals surface area contributed by atoms with Crippen molar-refractivity contribution in [3.8, 4) is 0 Å². The molecule has 0 amide bonds. The first kappa shape index (κ1) is 17.2. The molecule has 5 atom stereocenters. The third-order valence-corrected chi connectivity index (χ3v) is 5.56. The van der Waals surface area contributed by atoms with E-state index in [0.29, 0.717) is 6.04 Å². The van der Waals surface area contributed by atoms with Gasteiger partial charge in [-0.25, -0.2) is 0 Å². The SMILES string of the molecule is CCCNC1CC(C)CC(C)C1CN1CCCC(C)(O)C1. The highest BCUT2D eigenvalue weighted by molar-refractivity contribution is 4.91. The summed E-state index contributed by atoms with van der Waals surface area (Å²) in [6.45, 7) is 13.4. The summed E-state index contributed by atoms with van der Waals surface area (Å²) in [7, 11) is 0. The molecule has 2 aliphatic rings. The van der Waals surface area contributed by atoms with Gasteiger partial charge in [-0.3, -0.25) is 0 Å². The zero-order valence-electron chi connectivity index (χ0n) is 14.6. The molecule has 0 radical (unpaired) electrons. The van der Waals surface area contributed by atoms with E-state index in [-0.39, 0.29) is 0 Å². The van der Waals surface area contributed by atoms with Crippen molar-refractivity contribution in [2.24, 2.45) is 17.8 Å². The number of β-amino-alcohol motifs (C(OH)–C–C–N with tert-alkyl or cyclic N) is 1. The third-order valence-electron chi connectivity index (χ3n) is 5.56. The standard InChI is InChI=1S/C18H36N2O/c1-5-8-19-17-11-14(2)10-15(3)16(17)12-20-9-6-7-18(4,21)13-20/h14-17,19,21H,5-13H2,1-4H3. The minimum atomic E-state index is -0.476. The molecule has 1 aliphatic carbocycles. The van der Waals surface area contributed by atoms with E-state index in [4.69, 9.17) is 0 Å². The van der Waals surface area contributed by atoms with Crippen LogP contribution in [0.2, 0.25) is 0 Å². The van der Waals surface area contributed by atoms with Crippen molar-refractivity contribution in [3.63, 3.8) is 0 Å². The Morgan fingerprint density at radius 2 is 2.05 bits per heavy atom. The average Bonchev–Trinajstić information content (AvgIpc) is 2.38. The third kappa shape index (κ3) is 4.94. The first-order valence-electron chi connectivity index (χ1n) is 9.09. The van der Waals surface area contributed by atoms with Crippen molar-refractivity contribution < 1.29 is 5.11 Å². The van der Waals surface area contributed by atoms with Gasteiger partial charge in [0.1, 0.15) is 0 Å². The van der Waals surface area contributed by atoms with Crippen LogP contribution >= 0.6 is 0 Å². The summed E-state index contributed by atoms with van der Waals surface area (Å²) in [5.74, 6) is 2.37. The van der Waals surface area contributed by atoms with Crippen LogP contribution in [0, 0.1) is 17.8 Å². The van der Waals surface area contributed by atoms with Gasteiger partial charge in [0.25, 0.3) is 0 Å². The van der Waals surface area contributed by atoms with Crippen molar-refractivity contribution >= 4 is 0 Å². The summed E-state index contributed by atoms with van der Waals surface area (Å²) in [6.07, 6.45) is 5.98. The van der Waals surface area contributed by atoms with Gasteiger partial charge in [-0.2, -0.15) is 0 Å². The van der Waals surface area contributed by atoms with Gasteiger partial charge in [-0.15, -0.1) is 0 Å². The first-order chi connectivity index (χ1) is 9.91. The van der Waals surface area contributed by atoms with Gasteiger partial charge in [-0.05, 0) is 69.9 Å². The monoisotopic (exact) mass is 296 g/mol. The number of hydrogen-bond acceptors (Lipinski definition) is 3. The summed E-state index contributed by atoms with van der Waals surface area (Å²) in [5.41, 5.74) is -0.476. The fraction of sp³-hybridized carbons (Fsp3) is 1.00. The van der Waals surface area contributed by atoms with Crippen LogP contribution in [0.1, 0.15) is 59.8 Å². The van der Waals surface area contributed by atoms with Crippen LogP contribution in [-0.4, -0.2) is 47.8 Å². The van der Waals surface area contributed by atoms with E-state index >= 15 is 0 Å². The molecular formula is C18H36N2O. The second-order valence-corrected chi connectivity index (χ2v) is 8.11. The molecule has 0 aromatic heterocycles. The lowest BCUT2D eigenvalue weighted by molar-refractivity contribution is -0.0282. The molecule has 0 aromatic carbocycles. The average molecular weight is 296 g/mol. The molecule has 1 saturated carbocycles. The molecule has 0 spiro atoms. The van der Waals surface area contributed by atoms with Gasteiger partial charge in [0.05, 0.1) is 5.60 Å². The minimum Gasteiger partial charge on any atom is -0.389 e. The molecule has 1 heterocycles. The van der Waals surface area contributed by atoms with Crippen LogP contribution in [0.4, 0.5) is 0 Å². The van der Waals surface area contributed by atoms with E-state index in [2.05, 4.69) is 31.0 Å². The Hall–Kier alpha value is -0.120. The maximum atomic E-state index is 10.3. The number of nitrogens with zero attached hydrogens (tertiary/aromatic N) is 1. The summed E-state index contributed by atoms with van der Waals surface area (Å²) < 4.78 is 0. The second-order valence-electron chi connectivity index (χ2n) is 8.11. The first-order valence-corrected chi connectivity index (χ1v) is 9.09. The molecule has 5 unspecified atom stereocenters. The largest absolute Gasteiger partial charge is 0.389 e. The molecule has 2 fully saturated rings. The van der Waals surface area contributed by atoms with Crippen LogP contribution in [0.5, 0.6) is 0 Å². The lowest BCUT2D eigenvalue weighted by Gasteiger charge is -2.45. The van der Waals surface area contributed by atoms with E-state index < -0.39 is 5.60 Å². The van der Waals surface area contributed by atoms with Crippen LogP contribution in [0.25, 0.3) is 0 Å². The predicted octanol–water partition coefficient (Wildman–Crippen LogP) is 2.88. The summed E-state index contributed by atoms with van der Waals surface area (Å²) in [5, 5.41) is 14.1. The zero-order valence-corrected chi connectivity index (χ0v) is 14.6. The predicted molar refractivity (Wildman–Crippen MR) is 89.4 cm³/mol. The molecule has 3 nitrogen and oxygen atoms in total. The molecule has 3 heteroatoms. The molecule has 124 valence electrons. The molecule has 21 heavy (non-hydrogen) atoms. The summed E-state index contributed by atoms with van der Waals surface area (Å²) in [4.78, 5) is 2.52. The van der Waals surface area contributed by atoms with Crippen LogP contribution in [0.15, 0.2) is 0 Å². The number of nitrogens with one attached hydrogen (secondary N) is 1. The number of likely N-dealkylation sites (tertiary alicyclic amines) is 1. The summed E-state index contributed by atoms with van der Waals surface area (Å²) >= 11 is 0. The smallest absolute Gasteiger partial charge is 0.0746 e. The van der Waals surface area contributed by atoms with Crippen LogP contribution in [-0.2, 0) is 0 Å². The van der Waals surface area contributed by atoms with E-state index in [0.717, 1.165) is 56.8 Å². The van der Waals surface area contributed by atoms with Crippen LogP contribution in [0.3, 0.4) is 0 Å². The number of hydrogen-bond donors (Lipinski definition) is 2. The van der Waals surface area contributed by atoms with E-state index in [1.54, 1.807) is 0 Å². The van der Waals surface area contributed by atoms with Gasteiger partial charge in [-0.1, -0.05) is 20.8 Å². The Kier molecular flexibility index (Phi) is 6.10. The topological polar surface area (TPSA) is 35.5 Å². The van der Waals surface area contributed by atoms with E-state index in [9.17, 15) is 5.11 Å². The Bertz CT molecular complexity index is 318. The molecule has 2 N–H and O–H groups in total. The highest BCUT2D eigenvalue weighted by Crippen LogP contribution is 2.35. The van der Waals surface area contributed by atoms with Crippen molar-refractivity contribution in [1.82, 2.24) is 10.2 Å². The van der Waals surface area contributed by atoms with Gasteiger partial charge >= 0.3 is 0 Å². The van der Waals surface area contributed by atoms with Crippen molar-refractivity contribution in [1.29, 1.82) is 0 Å². The van der Waals surface area contributed by atoms with E-state index in [1.807, 2.05) is 6.92 Å². The Labute approximate surface area is 131 Å². The fourth-order valence-electron chi connectivity index (χ4n) is 4.56. The summed E-state index contributed by atoms with van der Waals surface area (Å²) in [6, 6.07) is 0.663. The highest BCUT2D eigenvalue weighted by atomic mass is 16.3. The Balaban J connectivity index is 1.96. The molecule has 0 bridgehead atoms. The lowest BCUT2D eigenvalue weighted by Crippen LogP contribution is -2.53. The van der Waals surface area contributed by atoms with Gasteiger partial charge in [0, 0.05) is 19.1 Å². The second kappa shape index (κ2) is 7.43. The molecule has 1 aliphatic heterocycles. The zero-order chi connectivity index (χ0) is 15.5. The maximum absolute atomic E-state index is 10.3. The van der Waals surface area contributed by atoms with E-state index in [1.165, 1.54) is 19.3 Å². The number of rotatable bonds is 5. The molecule has 1 saturated heterocycles. The van der Waals surface area contributed by atoms with Gasteiger partial charge in [0.2, 0.25) is 0 Å². The van der Waals surface area contributed by atoms with Crippen molar-refractivity contribution in [2.45, 2.75) is 71.4 Å². The number of piperidine rings is 1. The lowest BCUT2D eigenvalue weighted by atomic mass is 9.72. The van der Waals surface area contributed by atoms with Crippen molar-refractivity contribution in [2.75, 3.05) is 26.2 Å². The normalized spacial score (nSPS) is 42.1. The fourth-order valence-corrected chi connectivity index (χ4v) is 4.56.